The third kappa shape index (κ3) is 6.10. The molecular weight excluding hydrogens is 728 g/mol. The highest BCUT2D eigenvalue weighted by Gasteiger charge is 2.69. The lowest BCUT2D eigenvalue weighted by molar-refractivity contribution is -0.324. The van der Waals surface area contributed by atoms with Gasteiger partial charge in [0, 0.05) is 5.92 Å². The molecule has 0 radical (unpaired) electrons. The van der Waals surface area contributed by atoms with Crippen LogP contribution in [0.2, 0.25) is 0 Å². The van der Waals surface area contributed by atoms with Gasteiger partial charge in [-0.3, -0.25) is 4.79 Å². The zero-order valence-corrected chi connectivity index (χ0v) is 33.6. The molecule has 316 valence electrons. The number of esters is 2. The standard InChI is InChI=1S/C42H64O14/c1-20-10-15-42(37(51)56-35-31(48)28(45)27(44)23(19-43)53-35)17-16-40(5)21(22(42)18-20)8-9-25-39(4)13-12-26(38(2,3)24(39)11-14-41(25,40)6)54-36-32(49)29(46)30(47)33(55-36)34(50)52-7/h8,22-33,35-36,43-49H,1,9-19H2,2-7H3/t22-,23+,24-,25+,26-,27+,28-,29-,30-,31+,32+,33-,35-,36+,39-,40+,41+,42-/m0/s1. The van der Waals surface area contributed by atoms with E-state index in [0.29, 0.717) is 38.0 Å². The van der Waals surface area contributed by atoms with Crippen molar-refractivity contribution in [2.24, 2.45) is 44.8 Å². The summed E-state index contributed by atoms with van der Waals surface area (Å²) in [4.78, 5) is 26.8. The van der Waals surface area contributed by atoms with Gasteiger partial charge in [0.1, 0.15) is 42.7 Å². The molecule has 7 N–H and O–H groups in total. The van der Waals surface area contributed by atoms with Gasteiger partial charge in [0.25, 0.3) is 0 Å². The van der Waals surface area contributed by atoms with Gasteiger partial charge in [0.2, 0.25) is 6.29 Å². The second-order valence-electron chi connectivity index (χ2n) is 19.5. The van der Waals surface area contributed by atoms with Crippen LogP contribution in [0.4, 0.5) is 0 Å². The molecule has 2 aliphatic heterocycles. The van der Waals surface area contributed by atoms with Gasteiger partial charge in [-0.1, -0.05) is 58.4 Å². The Hall–Kier alpha value is -1.98. The third-order valence-electron chi connectivity index (χ3n) is 16.8. The van der Waals surface area contributed by atoms with Crippen LogP contribution < -0.4 is 0 Å². The minimum atomic E-state index is -1.68. The Bertz CT molecular complexity index is 1580. The third-order valence-corrected chi connectivity index (χ3v) is 16.8. The van der Waals surface area contributed by atoms with E-state index in [1.54, 1.807) is 0 Å². The molecule has 0 amide bonds. The van der Waals surface area contributed by atoms with Crippen molar-refractivity contribution in [3.05, 3.63) is 23.8 Å². The largest absolute Gasteiger partial charge is 0.467 e. The Labute approximate surface area is 329 Å². The van der Waals surface area contributed by atoms with Crippen LogP contribution in [-0.4, -0.2) is 129 Å². The van der Waals surface area contributed by atoms with Crippen molar-refractivity contribution in [1.29, 1.82) is 0 Å². The molecule has 2 saturated heterocycles. The molecule has 0 bridgehead atoms. The van der Waals surface area contributed by atoms with Gasteiger partial charge in [-0.25, -0.2) is 4.79 Å². The van der Waals surface area contributed by atoms with E-state index in [4.69, 9.17) is 23.7 Å². The summed E-state index contributed by atoms with van der Waals surface area (Å²) >= 11 is 0. The lowest BCUT2D eigenvalue weighted by Gasteiger charge is -2.71. The van der Waals surface area contributed by atoms with Crippen LogP contribution >= 0.6 is 0 Å². The minimum Gasteiger partial charge on any atom is -0.467 e. The van der Waals surface area contributed by atoms with Gasteiger partial charge in [-0.15, -0.1) is 0 Å². The number of fused-ring (bicyclic) bond motifs is 7. The topological polar surface area (TPSA) is 222 Å². The van der Waals surface area contributed by atoms with E-state index in [0.717, 1.165) is 44.8 Å². The molecule has 18 atom stereocenters. The normalized spacial score (nSPS) is 51.3. The van der Waals surface area contributed by atoms with Crippen LogP contribution in [0.1, 0.15) is 98.8 Å². The summed E-state index contributed by atoms with van der Waals surface area (Å²) in [6, 6.07) is 0. The van der Waals surface area contributed by atoms with Crippen LogP contribution in [0.15, 0.2) is 23.8 Å². The summed E-state index contributed by atoms with van der Waals surface area (Å²) in [7, 11) is 1.16. The first-order valence-corrected chi connectivity index (χ1v) is 20.5. The highest BCUT2D eigenvalue weighted by atomic mass is 16.7. The zero-order chi connectivity index (χ0) is 40.9. The van der Waals surface area contributed by atoms with Crippen LogP contribution in [-0.2, 0) is 33.3 Å². The highest BCUT2D eigenvalue weighted by Crippen LogP contribution is 2.75. The van der Waals surface area contributed by atoms with Crippen molar-refractivity contribution < 1.29 is 69.0 Å². The van der Waals surface area contributed by atoms with Crippen molar-refractivity contribution in [2.75, 3.05) is 13.7 Å². The summed E-state index contributed by atoms with van der Waals surface area (Å²) in [5.41, 5.74) is 0.606. The van der Waals surface area contributed by atoms with Gasteiger partial charge in [0.15, 0.2) is 12.4 Å². The lowest BCUT2D eigenvalue weighted by atomic mass is 9.34. The lowest BCUT2D eigenvalue weighted by Crippen LogP contribution is -2.66. The second kappa shape index (κ2) is 14.6. The molecule has 0 spiro atoms. The number of carbonyl (C=O) groups is 2. The number of rotatable bonds is 6. The molecule has 7 rings (SSSR count). The fraction of sp³-hybridized carbons (Fsp3) is 0.857. The number of carbonyl (C=O) groups excluding carboxylic acids is 2. The first-order valence-electron chi connectivity index (χ1n) is 20.5. The Morgan fingerprint density at radius 2 is 1.50 bits per heavy atom. The molecule has 0 aromatic heterocycles. The Morgan fingerprint density at radius 3 is 2.18 bits per heavy atom. The predicted octanol–water partition coefficient (Wildman–Crippen LogP) is 2.03. The van der Waals surface area contributed by atoms with Gasteiger partial charge in [-0.2, -0.15) is 0 Å². The maximum atomic E-state index is 14.4. The molecule has 4 saturated carbocycles. The second-order valence-corrected chi connectivity index (χ2v) is 19.5. The highest BCUT2D eigenvalue weighted by molar-refractivity contribution is 5.79. The van der Waals surface area contributed by atoms with Gasteiger partial charge in [-0.05, 0) is 97.7 Å². The number of hydrogen-bond acceptors (Lipinski definition) is 14. The number of methoxy groups -OCH3 is 1. The van der Waals surface area contributed by atoms with Gasteiger partial charge < -0.3 is 59.4 Å². The molecule has 5 aliphatic carbocycles. The van der Waals surface area contributed by atoms with E-state index in [2.05, 4.69) is 47.3 Å². The van der Waals surface area contributed by atoms with E-state index in [1.807, 2.05) is 0 Å². The van der Waals surface area contributed by atoms with E-state index in [9.17, 15) is 45.3 Å². The maximum absolute atomic E-state index is 14.4. The van der Waals surface area contributed by atoms with Crippen molar-refractivity contribution in [2.45, 2.75) is 166 Å². The van der Waals surface area contributed by atoms with Crippen LogP contribution in [0, 0.1) is 44.8 Å². The molecule has 0 unspecified atom stereocenters. The molecule has 2 heterocycles. The average molecular weight is 793 g/mol. The first-order chi connectivity index (χ1) is 26.2. The smallest absolute Gasteiger partial charge is 0.337 e. The summed E-state index contributed by atoms with van der Waals surface area (Å²) in [5, 5.41) is 73.1. The molecule has 7 aliphatic rings. The molecule has 0 aromatic rings. The fourth-order valence-electron chi connectivity index (χ4n) is 13.2. The summed E-state index contributed by atoms with van der Waals surface area (Å²) in [6.45, 7) is 15.3. The summed E-state index contributed by atoms with van der Waals surface area (Å²) in [6.07, 6.45) is -5.96. The van der Waals surface area contributed by atoms with Gasteiger partial charge >= 0.3 is 11.9 Å². The summed E-state index contributed by atoms with van der Waals surface area (Å²) in [5.74, 6) is -1.00. The van der Waals surface area contributed by atoms with Crippen molar-refractivity contribution in [1.82, 2.24) is 0 Å². The number of hydrogen-bond donors (Lipinski definition) is 7. The van der Waals surface area contributed by atoms with Crippen molar-refractivity contribution in [3.63, 3.8) is 0 Å². The van der Waals surface area contributed by atoms with E-state index < -0.39 is 85.4 Å². The molecule has 14 heteroatoms. The van der Waals surface area contributed by atoms with Crippen LogP contribution in [0.25, 0.3) is 0 Å². The molecule has 0 aromatic carbocycles. The van der Waals surface area contributed by atoms with E-state index in [-0.39, 0.29) is 39.6 Å². The van der Waals surface area contributed by atoms with E-state index >= 15 is 0 Å². The number of aliphatic hydroxyl groups excluding tert-OH is 7. The number of aliphatic hydroxyl groups is 7. The Morgan fingerprint density at radius 1 is 0.821 bits per heavy atom. The maximum Gasteiger partial charge on any atom is 0.337 e. The van der Waals surface area contributed by atoms with E-state index in [1.165, 1.54) is 5.57 Å². The number of allylic oxidation sites excluding steroid dienone is 3. The first kappa shape index (κ1) is 42.2. The Kier molecular flexibility index (Phi) is 11.0. The van der Waals surface area contributed by atoms with Gasteiger partial charge in [0.05, 0.1) is 25.2 Å². The van der Waals surface area contributed by atoms with Crippen molar-refractivity contribution >= 4 is 11.9 Å². The molecule has 14 nitrogen and oxygen atoms in total. The minimum absolute atomic E-state index is 0.0928. The average Bonchev–Trinajstić information content (AvgIpc) is 3.16. The molecule has 6 fully saturated rings. The van der Waals surface area contributed by atoms with Crippen LogP contribution in [0.3, 0.4) is 0 Å². The Balaban J connectivity index is 1.14. The molecule has 56 heavy (non-hydrogen) atoms. The quantitative estimate of drug-likeness (QED) is 0.116. The monoisotopic (exact) mass is 792 g/mol. The fourth-order valence-corrected chi connectivity index (χ4v) is 13.2. The summed E-state index contributed by atoms with van der Waals surface area (Å²) < 4.78 is 28.5. The SMILES string of the molecule is C=C1CC[C@]2(C(=O)O[C@@H]3O[C@H](CO)[C@@H](O)[C@H](O)[C@H]3O)CC[C@]3(C)C(=CC[C@@H]4[C@@]5(C)CC[C@H](O[C@@H]6O[C@H](C(=O)OC)[C@@H](O)[C@H](O)[C@H]6O)C(C)(C)[C@@H]5CC[C@]43C)[C@@H]2C1. The molecular formula is C42H64O14. The van der Waals surface area contributed by atoms with Crippen LogP contribution in [0.5, 0.6) is 0 Å². The van der Waals surface area contributed by atoms with Crippen molar-refractivity contribution in [3.8, 4) is 0 Å². The number of ether oxygens (including phenoxy) is 5. The zero-order valence-electron chi connectivity index (χ0n) is 33.6. The predicted molar refractivity (Wildman–Crippen MR) is 198 cm³/mol.